The number of ether oxygens (including phenoxy) is 1. The Morgan fingerprint density at radius 3 is 2.14 bits per heavy atom. The Hall–Kier alpha value is -2.38. The zero-order valence-electron chi connectivity index (χ0n) is 10.7. The van der Waals surface area contributed by atoms with Gasteiger partial charge in [-0.2, -0.15) is 0 Å². The zero-order valence-corrected chi connectivity index (χ0v) is 10.7. The number of pyridine rings is 1. The molecule has 0 spiro atoms. The first-order valence-electron chi connectivity index (χ1n) is 5.70. The van der Waals surface area contributed by atoms with Crippen LogP contribution in [-0.2, 0) is 6.54 Å². The van der Waals surface area contributed by atoms with Crippen molar-refractivity contribution in [2.45, 2.75) is 6.54 Å². The number of hydrogen-bond acceptors (Lipinski definition) is 3. The fourth-order valence-corrected chi connectivity index (χ4v) is 1.69. The molecule has 0 unspecified atom stereocenters. The summed E-state index contributed by atoms with van der Waals surface area (Å²) in [5, 5.41) is 2.16. The van der Waals surface area contributed by atoms with Crippen LogP contribution < -0.4 is 10.1 Å². The number of nitrogens with one attached hydrogen (secondary N) is 1. The first-order valence-corrected chi connectivity index (χ1v) is 5.70. The summed E-state index contributed by atoms with van der Waals surface area (Å²) < 4.78 is 70.8. The van der Waals surface area contributed by atoms with Crippen molar-refractivity contribution in [2.24, 2.45) is 0 Å². The number of rotatable bonds is 4. The summed E-state index contributed by atoms with van der Waals surface area (Å²) in [6.45, 7) is -0.227. The largest absolute Gasteiger partial charge is 0.481 e. The number of nitrogens with zero attached hydrogens (tertiary/aromatic N) is 1. The fourth-order valence-electron chi connectivity index (χ4n) is 1.69. The van der Waals surface area contributed by atoms with Crippen LogP contribution in [0.15, 0.2) is 18.3 Å². The number of halogens is 5. The number of benzene rings is 1. The van der Waals surface area contributed by atoms with Gasteiger partial charge in [-0.15, -0.1) is 0 Å². The van der Waals surface area contributed by atoms with Crippen LogP contribution >= 0.6 is 0 Å². The summed E-state index contributed by atoms with van der Waals surface area (Å²) in [5.74, 6) is -9.88. The molecular weight excluding hydrogens is 295 g/mol. The number of anilines is 1. The van der Waals surface area contributed by atoms with Gasteiger partial charge >= 0.3 is 0 Å². The molecule has 3 nitrogen and oxygen atoms in total. The van der Waals surface area contributed by atoms with Crippen LogP contribution in [0.4, 0.5) is 27.6 Å². The van der Waals surface area contributed by atoms with E-state index >= 15 is 0 Å². The van der Waals surface area contributed by atoms with Gasteiger partial charge in [0.15, 0.2) is 23.3 Å². The topological polar surface area (TPSA) is 34.1 Å². The summed E-state index contributed by atoms with van der Waals surface area (Å²) in [6, 6.07) is 3.07. The molecule has 1 aromatic carbocycles. The molecule has 1 aromatic heterocycles. The third-order valence-electron chi connectivity index (χ3n) is 2.71. The van der Waals surface area contributed by atoms with Gasteiger partial charge in [0.25, 0.3) is 0 Å². The fraction of sp³-hybridized carbons (Fsp3) is 0.154. The van der Waals surface area contributed by atoms with Crippen molar-refractivity contribution in [3.05, 3.63) is 53.0 Å². The minimum atomic E-state index is -2.20. The van der Waals surface area contributed by atoms with Crippen LogP contribution in [0.2, 0.25) is 0 Å². The molecule has 8 heteroatoms. The molecule has 0 fully saturated rings. The van der Waals surface area contributed by atoms with Gasteiger partial charge < -0.3 is 10.1 Å². The molecule has 0 saturated heterocycles. The number of aromatic nitrogens is 1. The van der Waals surface area contributed by atoms with Crippen molar-refractivity contribution in [1.82, 2.24) is 4.98 Å². The highest BCUT2D eigenvalue weighted by atomic mass is 19.2. The van der Waals surface area contributed by atoms with Crippen LogP contribution in [0.25, 0.3) is 0 Å². The lowest BCUT2D eigenvalue weighted by Crippen LogP contribution is -2.10. The highest BCUT2D eigenvalue weighted by Gasteiger charge is 2.25. The van der Waals surface area contributed by atoms with Crippen molar-refractivity contribution in [2.75, 3.05) is 12.4 Å². The van der Waals surface area contributed by atoms with Crippen LogP contribution in [0.3, 0.4) is 0 Å². The van der Waals surface area contributed by atoms with E-state index in [2.05, 4.69) is 10.3 Å². The predicted molar refractivity (Wildman–Crippen MR) is 64.3 cm³/mol. The predicted octanol–water partition coefficient (Wildman–Crippen LogP) is 3.40. The quantitative estimate of drug-likeness (QED) is 0.534. The summed E-state index contributed by atoms with van der Waals surface area (Å²) in [6.07, 6.45) is 1.43. The Labute approximate surface area is 116 Å². The van der Waals surface area contributed by atoms with E-state index in [1.54, 1.807) is 0 Å². The van der Waals surface area contributed by atoms with Gasteiger partial charge in [0.2, 0.25) is 11.7 Å². The molecule has 0 radical (unpaired) electrons. The van der Waals surface area contributed by atoms with E-state index in [4.69, 9.17) is 4.74 Å². The molecule has 0 saturated carbocycles. The van der Waals surface area contributed by atoms with Crippen molar-refractivity contribution in [1.29, 1.82) is 0 Å². The maximum absolute atomic E-state index is 13.5. The smallest absolute Gasteiger partial charge is 0.218 e. The van der Waals surface area contributed by atoms with E-state index in [0.29, 0.717) is 5.56 Å². The Balaban J connectivity index is 2.33. The van der Waals surface area contributed by atoms with Gasteiger partial charge in [-0.3, -0.25) is 0 Å². The molecule has 112 valence electrons. The highest BCUT2D eigenvalue weighted by Crippen LogP contribution is 2.28. The molecule has 0 aliphatic rings. The Morgan fingerprint density at radius 1 is 1.00 bits per heavy atom. The number of hydrogen-bond donors (Lipinski definition) is 1. The van der Waals surface area contributed by atoms with Crippen LogP contribution in [-0.4, -0.2) is 12.1 Å². The maximum Gasteiger partial charge on any atom is 0.218 e. The highest BCUT2D eigenvalue weighted by molar-refractivity contribution is 5.48. The maximum atomic E-state index is 13.5. The van der Waals surface area contributed by atoms with Crippen molar-refractivity contribution in [3.63, 3.8) is 0 Å². The van der Waals surface area contributed by atoms with E-state index in [9.17, 15) is 22.0 Å². The van der Waals surface area contributed by atoms with Gasteiger partial charge in [-0.1, -0.05) is 6.07 Å². The van der Waals surface area contributed by atoms with Crippen molar-refractivity contribution in [3.8, 4) is 5.88 Å². The first kappa shape index (κ1) is 15.0. The minimum absolute atomic E-state index is 0.175. The zero-order chi connectivity index (χ0) is 15.6. The summed E-state index contributed by atoms with van der Waals surface area (Å²) in [5.41, 5.74) is -0.707. The molecule has 0 aliphatic carbocycles. The molecule has 1 heterocycles. The molecule has 0 atom stereocenters. The molecule has 1 N–H and O–H groups in total. The molecule has 2 aromatic rings. The Kier molecular flexibility index (Phi) is 4.25. The van der Waals surface area contributed by atoms with Crippen molar-refractivity contribution >= 4 is 5.69 Å². The average molecular weight is 304 g/mol. The molecule has 0 bridgehead atoms. The lowest BCUT2D eigenvalue weighted by molar-refractivity contribution is 0.381. The van der Waals surface area contributed by atoms with E-state index in [1.165, 1.54) is 25.4 Å². The van der Waals surface area contributed by atoms with Gasteiger partial charge in [-0.25, -0.2) is 26.9 Å². The Bertz CT molecular complexity index is 649. The SMILES string of the molecule is COc1ncccc1CNc1c(F)c(F)c(F)c(F)c1F. The third kappa shape index (κ3) is 2.74. The summed E-state index contributed by atoms with van der Waals surface area (Å²) >= 11 is 0. The van der Waals surface area contributed by atoms with Gasteiger partial charge in [0.1, 0.15) is 5.69 Å². The van der Waals surface area contributed by atoms with E-state index in [0.717, 1.165) is 0 Å². The normalized spacial score (nSPS) is 10.6. The lowest BCUT2D eigenvalue weighted by Gasteiger charge is -2.12. The molecule has 2 rings (SSSR count). The van der Waals surface area contributed by atoms with Crippen LogP contribution in [0, 0.1) is 29.1 Å². The molecule has 21 heavy (non-hydrogen) atoms. The third-order valence-corrected chi connectivity index (χ3v) is 2.71. The van der Waals surface area contributed by atoms with Crippen LogP contribution in [0.5, 0.6) is 5.88 Å². The molecular formula is C13H9F5N2O. The van der Waals surface area contributed by atoms with Gasteiger partial charge in [0, 0.05) is 18.3 Å². The van der Waals surface area contributed by atoms with Crippen molar-refractivity contribution < 1.29 is 26.7 Å². The molecule has 0 amide bonds. The summed E-state index contributed by atoms with van der Waals surface area (Å²) in [7, 11) is 1.34. The standard InChI is InChI=1S/C13H9F5N2O/c1-21-13-6(3-2-4-19-13)5-20-12-10(17)8(15)7(14)9(16)11(12)18/h2-4,20H,5H2,1H3. The van der Waals surface area contributed by atoms with Gasteiger partial charge in [-0.05, 0) is 6.07 Å². The van der Waals surface area contributed by atoms with E-state index < -0.39 is 34.8 Å². The van der Waals surface area contributed by atoms with E-state index in [1.807, 2.05) is 0 Å². The van der Waals surface area contributed by atoms with E-state index in [-0.39, 0.29) is 12.4 Å². The average Bonchev–Trinajstić information content (AvgIpc) is 2.51. The number of methoxy groups -OCH3 is 1. The first-order chi connectivity index (χ1) is 9.97. The second kappa shape index (κ2) is 5.94. The van der Waals surface area contributed by atoms with Crippen LogP contribution in [0.1, 0.15) is 5.56 Å². The Morgan fingerprint density at radius 2 is 1.57 bits per heavy atom. The van der Waals surface area contributed by atoms with Gasteiger partial charge in [0.05, 0.1) is 7.11 Å². The second-order valence-corrected chi connectivity index (χ2v) is 3.97. The summed E-state index contributed by atoms with van der Waals surface area (Å²) in [4.78, 5) is 3.85. The second-order valence-electron chi connectivity index (χ2n) is 3.97. The monoisotopic (exact) mass is 304 g/mol. The minimum Gasteiger partial charge on any atom is -0.481 e. The lowest BCUT2D eigenvalue weighted by atomic mass is 10.2. The molecule has 0 aliphatic heterocycles.